The Morgan fingerprint density at radius 3 is 2.70 bits per heavy atom. The van der Waals surface area contributed by atoms with E-state index in [1.807, 2.05) is 66.4 Å². The van der Waals surface area contributed by atoms with E-state index in [9.17, 15) is 4.79 Å². The average Bonchev–Trinajstić information content (AvgIpc) is 3.38. The third kappa shape index (κ3) is 3.26. The van der Waals surface area contributed by atoms with E-state index in [1.54, 1.807) is 4.68 Å². The van der Waals surface area contributed by atoms with Gasteiger partial charge in [0.05, 0.1) is 28.6 Å². The summed E-state index contributed by atoms with van der Waals surface area (Å²) in [6.45, 7) is 3.18. The minimum atomic E-state index is -0.415. The van der Waals surface area contributed by atoms with Crippen LogP contribution in [0.4, 0.5) is 5.69 Å². The van der Waals surface area contributed by atoms with E-state index >= 15 is 0 Å². The van der Waals surface area contributed by atoms with E-state index in [1.165, 1.54) is 0 Å². The molecule has 3 heterocycles. The van der Waals surface area contributed by atoms with Gasteiger partial charge in [0.25, 0.3) is 5.91 Å². The van der Waals surface area contributed by atoms with Gasteiger partial charge in [0.2, 0.25) is 0 Å². The molecule has 2 aliphatic rings. The first kappa shape index (κ1) is 19.2. The molecule has 0 spiro atoms. The van der Waals surface area contributed by atoms with Crippen molar-refractivity contribution in [3.05, 3.63) is 76.6 Å². The van der Waals surface area contributed by atoms with Crippen molar-refractivity contribution in [1.82, 2.24) is 14.7 Å². The van der Waals surface area contributed by atoms with Crippen LogP contribution in [0, 0.1) is 6.92 Å². The number of nitrogens with zero attached hydrogens (tertiary/aromatic N) is 3. The number of carbonyl (C=O) groups excluding carboxylic acids is 1. The lowest BCUT2D eigenvalue weighted by molar-refractivity contribution is 0.0426. The van der Waals surface area contributed by atoms with Crippen LogP contribution in [-0.2, 0) is 4.74 Å². The number of rotatable bonds is 4. The van der Waals surface area contributed by atoms with Crippen LogP contribution in [0.3, 0.4) is 0 Å². The Bertz CT molecular complexity index is 1080. The number of carbonyl (C=O) groups is 1. The second kappa shape index (κ2) is 7.78. The van der Waals surface area contributed by atoms with Crippen LogP contribution >= 0.6 is 11.6 Å². The molecule has 1 N–H and O–H groups in total. The Morgan fingerprint density at radius 2 is 1.93 bits per heavy atom. The van der Waals surface area contributed by atoms with Gasteiger partial charge in [-0.2, -0.15) is 5.10 Å². The Morgan fingerprint density at radius 1 is 1.17 bits per heavy atom. The lowest BCUT2D eigenvalue weighted by Crippen LogP contribution is -2.46. The predicted molar refractivity (Wildman–Crippen MR) is 116 cm³/mol. The molecule has 30 heavy (non-hydrogen) atoms. The third-order valence-corrected chi connectivity index (χ3v) is 6.13. The van der Waals surface area contributed by atoms with E-state index in [0.717, 1.165) is 42.1 Å². The second-order valence-electron chi connectivity index (χ2n) is 7.72. The van der Waals surface area contributed by atoms with E-state index in [-0.39, 0.29) is 12.0 Å². The average molecular weight is 423 g/mol. The van der Waals surface area contributed by atoms with Crippen molar-refractivity contribution in [2.75, 3.05) is 18.5 Å². The maximum atomic E-state index is 13.4. The van der Waals surface area contributed by atoms with Gasteiger partial charge in [0.15, 0.2) is 0 Å². The van der Waals surface area contributed by atoms with Crippen LogP contribution in [0.2, 0.25) is 5.15 Å². The summed E-state index contributed by atoms with van der Waals surface area (Å²) >= 11 is 6.85. The number of hydrogen-bond acceptors (Lipinski definition) is 4. The molecule has 2 aromatic carbocycles. The van der Waals surface area contributed by atoms with Gasteiger partial charge < -0.3 is 15.0 Å². The highest BCUT2D eigenvalue weighted by molar-refractivity contribution is 6.30. The molecule has 1 fully saturated rings. The summed E-state index contributed by atoms with van der Waals surface area (Å²) in [6.07, 6.45) is 1.59. The highest BCUT2D eigenvalue weighted by Gasteiger charge is 2.38. The second-order valence-corrected chi connectivity index (χ2v) is 8.08. The molecule has 5 rings (SSSR count). The standard InChI is InChI=1S/C23H23ClN4O2/c1-15-20(21(24)28(26-15)16-8-3-2-4-9-16)22-25-19-12-6-5-11-18(19)23(29)27(22)14-17-10-7-13-30-17/h2-6,8-9,11-12,17,22,25H,7,10,13-14H2,1H3/t17-,22-/m0/s1. The predicted octanol–water partition coefficient (Wildman–Crippen LogP) is 4.58. The molecule has 3 aromatic rings. The maximum absolute atomic E-state index is 13.4. The van der Waals surface area contributed by atoms with Gasteiger partial charge in [-0.15, -0.1) is 0 Å². The van der Waals surface area contributed by atoms with Crippen LogP contribution < -0.4 is 5.32 Å². The number of para-hydroxylation sites is 2. The third-order valence-electron chi connectivity index (χ3n) is 5.77. The molecule has 0 unspecified atom stereocenters. The number of aromatic nitrogens is 2. The van der Waals surface area contributed by atoms with Crippen LogP contribution in [0.15, 0.2) is 54.6 Å². The summed E-state index contributed by atoms with van der Waals surface area (Å²) in [5.74, 6) is -0.0206. The molecule has 7 heteroatoms. The number of amides is 1. The van der Waals surface area contributed by atoms with Gasteiger partial charge in [0.1, 0.15) is 11.3 Å². The molecule has 0 aliphatic carbocycles. The normalized spacial score (nSPS) is 20.9. The molecule has 0 bridgehead atoms. The monoisotopic (exact) mass is 422 g/mol. The highest BCUT2D eigenvalue weighted by atomic mass is 35.5. The number of fused-ring (bicyclic) bond motifs is 1. The molecule has 0 saturated carbocycles. The maximum Gasteiger partial charge on any atom is 0.257 e. The fraction of sp³-hybridized carbons (Fsp3) is 0.304. The van der Waals surface area contributed by atoms with Gasteiger partial charge in [-0.05, 0) is 44.0 Å². The van der Waals surface area contributed by atoms with Gasteiger partial charge in [-0.1, -0.05) is 41.9 Å². The van der Waals surface area contributed by atoms with Gasteiger partial charge in [-0.25, -0.2) is 4.68 Å². The zero-order valence-corrected chi connectivity index (χ0v) is 17.5. The first-order chi connectivity index (χ1) is 14.6. The molecule has 2 atom stereocenters. The van der Waals surface area contributed by atoms with Crippen LogP contribution in [0.5, 0.6) is 0 Å². The Balaban J connectivity index is 1.59. The van der Waals surface area contributed by atoms with Crippen molar-refractivity contribution < 1.29 is 9.53 Å². The van der Waals surface area contributed by atoms with Crippen molar-refractivity contribution in [1.29, 1.82) is 0 Å². The molecular weight excluding hydrogens is 400 g/mol. The zero-order chi connectivity index (χ0) is 20.7. The number of benzene rings is 2. The minimum Gasteiger partial charge on any atom is -0.376 e. The van der Waals surface area contributed by atoms with E-state index in [2.05, 4.69) is 10.4 Å². The molecule has 1 saturated heterocycles. The largest absolute Gasteiger partial charge is 0.376 e. The van der Waals surface area contributed by atoms with Crippen LogP contribution in [-0.4, -0.2) is 39.8 Å². The van der Waals surface area contributed by atoms with Crippen molar-refractivity contribution in [2.24, 2.45) is 0 Å². The summed E-state index contributed by atoms with van der Waals surface area (Å²) < 4.78 is 7.56. The van der Waals surface area contributed by atoms with Crippen molar-refractivity contribution in [3.63, 3.8) is 0 Å². The Kier molecular flexibility index (Phi) is 4.97. The fourth-order valence-corrected chi connectivity index (χ4v) is 4.65. The van der Waals surface area contributed by atoms with Gasteiger partial charge in [0, 0.05) is 18.8 Å². The molecular formula is C23H23ClN4O2. The molecule has 0 radical (unpaired) electrons. The molecule has 1 amide bonds. The fourth-order valence-electron chi connectivity index (χ4n) is 4.28. The van der Waals surface area contributed by atoms with Gasteiger partial charge in [-0.3, -0.25) is 4.79 Å². The SMILES string of the molecule is Cc1nn(-c2ccccc2)c(Cl)c1[C@H]1Nc2ccccc2C(=O)N1C[C@@H]1CCCO1. The summed E-state index contributed by atoms with van der Waals surface area (Å²) in [5.41, 5.74) is 3.94. The summed E-state index contributed by atoms with van der Waals surface area (Å²) in [7, 11) is 0. The number of aryl methyl sites for hydroxylation is 1. The molecule has 154 valence electrons. The lowest BCUT2D eigenvalue weighted by Gasteiger charge is -2.39. The zero-order valence-electron chi connectivity index (χ0n) is 16.7. The molecule has 6 nitrogen and oxygen atoms in total. The van der Waals surface area contributed by atoms with E-state index < -0.39 is 6.17 Å². The van der Waals surface area contributed by atoms with Crippen LogP contribution in [0.1, 0.15) is 40.6 Å². The number of anilines is 1. The van der Waals surface area contributed by atoms with Crippen molar-refractivity contribution in [2.45, 2.75) is 32.0 Å². The Hall–Kier alpha value is -2.83. The summed E-state index contributed by atoms with van der Waals surface area (Å²) in [4.78, 5) is 15.3. The minimum absolute atomic E-state index is 0.0206. The number of hydrogen-bond donors (Lipinski definition) is 1. The Labute approximate surface area is 180 Å². The van der Waals surface area contributed by atoms with E-state index in [4.69, 9.17) is 16.3 Å². The lowest BCUT2D eigenvalue weighted by atomic mass is 10.0. The first-order valence-electron chi connectivity index (χ1n) is 10.2. The van der Waals surface area contributed by atoms with E-state index in [0.29, 0.717) is 17.3 Å². The molecule has 1 aromatic heterocycles. The highest BCUT2D eigenvalue weighted by Crippen LogP contribution is 2.38. The van der Waals surface area contributed by atoms with Crippen LogP contribution in [0.25, 0.3) is 5.69 Å². The smallest absolute Gasteiger partial charge is 0.257 e. The van der Waals surface area contributed by atoms with Crippen molar-refractivity contribution >= 4 is 23.2 Å². The first-order valence-corrected chi connectivity index (χ1v) is 10.6. The van der Waals surface area contributed by atoms with Gasteiger partial charge >= 0.3 is 0 Å². The number of ether oxygens (including phenoxy) is 1. The topological polar surface area (TPSA) is 59.4 Å². The quantitative estimate of drug-likeness (QED) is 0.668. The summed E-state index contributed by atoms with van der Waals surface area (Å²) in [5, 5.41) is 8.70. The number of halogens is 1. The summed E-state index contributed by atoms with van der Waals surface area (Å²) in [6, 6.07) is 17.4. The molecule has 2 aliphatic heterocycles. The number of nitrogens with one attached hydrogen (secondary N) is 1. The van der Waals surface area contributed by atoms with Crippen molar-refractivity contribution in [3.8, 4) is 5.69 Å².